The molecule has 0 aliphatic carbocycles. The van der Waals surface area contributed by atoms with Gasteiger partial charge in [0, 0.05) is 13.2 Å². The van der Waals surface area contributed by atoms with Gasteiger partial charge in [-0.15, -0.1) is 0 Å². The fourth-order valence-corrected chi connectivity index (χ4v) is 10.3. The maximum absolute atomic E-state index is 11.2. The first-order chi connectivity index (χ1) is 34.0. The minimum atomic E-state index is -5.20. The molecule has 0 radical (unpaired) electrons. The van der Waals surface area contributed by atoms with Crippen molar-refractivity contribution in [3.8, 4) is 0 Å². The van der Waals surface area contributed by atoms with Gasteiger partial charge in [-0.2, -0.15) is 0 Å². The zero-order chi connectivity index (χ0) is 53.8. The summed E-state index contributed by atoms with van der Waals surface area (Å²) >= 11 is 0. The van der Waals surface area contributed by atoms with E-state index in [1.807, 2.05) is 0 Å². The van der Waals surface area contributed by atoms with Gasteiger partial charge >= 0.3 is 29.6 Å². The minimum Gasteiger partial charge on any atom is -0.726 e. The molecular weight excluding hydrogens is 972 g/mol. The molecule has 0 aromatic heterocycles. The molecule has 2 rings (SSSR count). The second-order valence-electron chi connectivity index (χ2n) is 23.5. The quantitative estimate of drug-likeness (QED) is 0.0193. The Kier molecular flexibility index (Phi) is 38.8. The van der Waals surface area contributed by atoms with Gasteiger partial charge in [0.05, 0.1) is 26.4 Å². The van der Waals surface area contributed by atoms with E-state index in [-0.39, 0.29) is 42.8 Å². The van der Waals surface area contributed by atoms with E-state index >= 15 is 0 Å². The molecule has 0 saturated carbocycles. The fraction of sp³-hybridized carbons (Fsp3) is 1.00. The zero-order valence-electron chi connectivity index (χ0n) is 47.5. The summed E-state index contributed by atoms with van der Waals surface area (Å²) in [5, 5.41) is 64.0. The van der Waals surface area contributed by atoms with Gasteiger partial charge in [-0.1, -0.05) is 185 Å². The summed E-state index contributed by atoms with van der Waals surface area (Å²) in [6.07, 6.45) is 6.96. The van der Waals surface area contributed by atoms with Crippen molar-refractivity contribution in [3.63, 3.8) is 0 Å². The summed E-state index contributed by atoms with van der Waals surface area (Å²) in [5.74, 6) is 5.55. The second-order valence-corrected chi connectivity index (χ2v) is 24.5. The number of aliphatic hydroxyl groups is 6. The first-order valence-corrected chi connectivity index (χ1v) is 29.7. The Labute approximate surface area is 465 Å². The normalized spacial score (nSPS) is 27.9. The smallest absolute Gasteiger partial charge is 0.726 e. The molecule has 6 N–H and O–H groups in total. The Morgan fingerprint density at radius 1 is 0.493 bits per heavy atom. The molecule has 2 aliphatic rings. The molecule has 430 valence electrons. The molecule has 2 aliphatic heterocycles. The maximum Gasteiger partial charge on any atom is 1.00 e. The van der Waals surface area contributed by atoms with Gasteiger partial charge in [0.1, 0.15) is 54.9 Å². The van der Waals surface area contributed by atoms with Crippen LogP contribution in [0.1, 0.15) is 198 Å². The number of ether oxygens (including phenoxy) is 6. The Bertz CT molecular complexity index is 1450. The van der Waals surface area contributed by atoms with Crippen LogP contribution < -0.4 is 29.6 Å². The van der Waals surface area contributed by atoms with Gasteiger partial charge in [-0.05, 0) is 60.2 Å². The van der Waals surface area contributed by atoms with E-state index in [9.17, 15) is 43.6 Å². The Morgan fingerprint density at radius 2 is 0.890 bits per heavy atom. The predicted molar refractivity (Wildman–Crippen MR) is 278 cm³/mol. The van der Waals surface area contributed by atoms with Crippen LogP contribution in [0.25, 0.3) is 0 Å². The van der Waals surface area contributed by atoms with Crippen LogP contribution in [0.5, 0.6) is 0 Å². The van der Waals surface area contributed by atoms with Crippen LogP contribution in [0, 0.1) is 47.3 Å². The zero-order valence-corrected chi connectivity index (χ0v) is 50.3. The summed E-state index contributed by atoms with van der Waals surface area (Å²) in [4.78, 5) is 0. The molecule has 18 heteroatoms. The first kappa shape index (κ1) is 71.4. The van der Waals surface area contributed by atoms with E-state index in [1.54, 1.807) is 0 Å². The van der Waals surface area contributed by atoms with Crippen molar-refractivity contribution >= 4 is 10.4 Å². The number of rotatable bonds is 42. The van der Waals surface area contributed by atoms with E-state index < -0.39 is 91.1 Å². The summed E-state index contributed by atoms with van der Waals surface area (Å²) in [6, 6.07) is 0. The third-order valence-electron chi connectivity index (χ3n) is 15.2. The molecule has 0 aromatic carbocycles. The van der Waals surface area contributed by atoms with Crippen LogP contribution in [0.15, 0.2) is 0 Å². The molecule has 0 bridgehead atoms. The van der Waals surface area contributed by atoms with Gasteiger partial charge < -0.3 is 63.6 Å². The third kappa shape index (κ3) is 31.7. The summed E-state index contributed by atoms with van der Waals surface area (Å²) in [6.45, 7) is 22.7. The first-order valence-electron chi connectivity index (χ1n) is 28.4. The van der Waals surface area contributed by atoms with Gasteiger partial charge in [0.25, 0.3) is 0 Å². The molecule has 0 aromatic rings. The average molecular weight is 1080 g/mol. The Morgan fingerprint density at radius 3 is 1.32 bits per heavy atom. The standard InChI is InChI=1S/C55H108O16S.Na/c1-37(2)17-11-19-39(5)21-13-23-41(7)25-15-27-43(9)29-31-65-34-45(66-32-30-44(10)28-16-26-42(8)24-14-22-40(6)20-12-18-38(3)4)35-67-54-52(61)50(59)53(46(33-56)69-54)71-55-51(60)49(58)48(57)47(70-55)36-68-72(62,63)64;/h37-61H,11-36H2,1-10H3,(H,62,63,64);/q;+1/p-1/t39?,40?,41?,42?,43?,44?,45?,46-,47-,48+,49+,50-,51-,52-,53-,54-,55+;/m1./s1. The Balaban J connectivity index is 0.0000266. The number of hydrogen-bond acceptors (Lipinski definition) is 16. The van der Waals surface area contributed by atoms with Crippen molar-refractivity contribution < 1.29 is 106 Å². The van der Waals surface area contributed by atoms with Crippen molar-refractivity contribution in [2.45, 2.75) is 265 Å². The van der Waals surface area contributed by atoms with Crippen molar-refractivity contribution in [1.82, 2.24) is 0 Å². The molecule has 73 heavy (non-hydrogen) atoms. The summed E-state index contributed by atoms with van der Waals surface area (Å²) < 4.78 is 72.7. The fourth-order valence-electron chi connectivity index (χ4n) is 9.99. The van der Waals surface area contributed by atoms with Crippen LogP contribution in [0.2, 0.25) is 0 Å². The van der Waals surface area contributed by atoms with E-state index in [2.05, 4.69) is 73.4 Å². The predicted octanol–water partition coefficient (Wildman–Crippen LogP) is 5.45. The topological polar surface area (TPSA) is 243 Å². The second kappa shape index (κ2) is 39.7. The van der Waals surface area contributed by atoms with Gasteiger partial charge in [-0.25, -0.2) is 8.42 Å². The molecule has 0 spiro atoms. The molecule has 2 fully saturated rings. The molecule has 2 saturated heterocycles. The molecule has 2 heterocycles. The van der Waals surface area contributed by atoms with Crippen LogP contribution >= 0.6 is 0 Å². The molecular formula is C55H107NaO16S. The van der Waals surface area contributed by atoms with E-state index in [0.717, 1.165) is 55.3 Å². The number of hydrogen-bond donors (Lipinski definition) is 6. The average Bonchev–Trinajstić information content (AvgIpc) is 3.30. The minimum absolute atomic E-state index is 0. The van der Waals surface area contributed by atoms with E-state index in [4.69, 9.17) is 28.4 Å². The van der Waals surface area contributed by atoms with E-state index in [0.29, 0.717) is 31.0 Å². The summed E-state index contributed by atoms with van der Waals surface area (Å²) in [7, 11) is -5.20. The van der Waals surface area contributed by atoms with Crippen LogP contribution in [0.4, 0.5) is 0 Å². The Hall–Kier alpha value is 0.390. The number of aliphatic hydroxyl groups excluding tert-OH is 6. The molecule has 17 atom stereocenters. The van der Waals surface area contributed by atoms with Crippen LogP contribution in [0.3, 0.4) is 0 Å². The van der Waals surface area contributed by atoms with Crippen molar-refractivity contribution in [1.29, 1.82) is 0 Å². The third-order valence-corrected chi connectivity index (χ3v) is 15.6. The van der Waals surface area contributed by atoms with Crippen molar-refractivity contribution in [2.24, 2.45) is 47.3 Å². The SMILES string of the molecule is CC(C)CCCC(C)CCCC(C)CCCC(C)CCOCC(CO[C@@H]1O[C@H](CO)[C@@H](O[C@@H]2O[C@H](COS(=O)(=O)[O-])[C@H](O)[C@H](O)[C@H]2O)[C@H](O)[C@H]1O)OCCC(C)CCCC(C)CCCC(C)CCCC(C)C.[Na+]. The van der Waals surface area contributed by atoms with E-state index in [1.165, 1.54) is 103 Å². The summed E-state index contributed by atoms with van der Waals surface area (Å²) in [5.41, 5.74) is 0. The van der Waals surface area contributed by atoms with Crippen molar-refractivity contribution in [2.75, 3.05) is 39.6 Å². The van der Waals surface area contributed by atoms with Crippen LogP contribution in [-0.2, 0) is 43.0 Å². The van der Waals surface area contributed by atoms with Gasteiger partial charge in [-0.3, -0.25) is 4.18 Å². The van der Waals surface area contributed by atoms with Crippen molar-refractivity contribution in [3.05, 3.63) is 0 Å². The molecule has 7 unspecified atom stereocenters. The largest absolute Gasteiger partial charge is 1.00 e. The van der Waals surface area contributed by atoms with Gasteiger partial charge in [0.2, 0.25) is 10.4 Å². The maximum atomic E-state index is 11.2. The molecule has 16 nitrogen and oxygen atoms in total. The van der Waals surface area contributed by atoms with Crippen LogP contribution in [-0.4, -0.2) is 151 Å². The van der Waals surface area contributed by atoms with Gasteiger partial charge in [0.15, 0.2) is 12.6 Å². The monoisotopic (exact) mass is 1080 g/mol. The molecule has 0 amide bonds.